The number of aromatic nitrogens is 2. The molecule has 2 rings (SSSR count). The fourth-order valence-corrected chi connectivity index (χ4v) is 1.86. The van der Waals surface area contributed by atoms with Crippen molar-refractivity contribution >= 4 is 17.4 Å². The van der Waals surface area contributed by atoms with Crippen LogP contribution in [0.3, 0.4) is 0 Å². The first-order chi connectivity index (χ1) is 9.61. The van der Waals surface area contributed by atoms with Crippen molar-refractivity contribution in [3.8, 4) is 0 Å². The van der Waals surface area contributed by atoms with Crippen molar-refractivity contribution in [2.75, 3.05) is 18.1 Å². The van der Waals surface area contributed by atoms with Gasteiger partial charge in [0.2, 0.25) is 0 Å². The van der Waals surface area contributed by atoms with Gasteiger partial charge in [0.15, 0.2) is 5.69 Å². The second-order valence-electron chi connectivity index (χ2n) is 4.38. The maximum atomic E-state index is 11.4. The van der Waals surface area contributed by atoms with E-state index in [1.807, 2.05) is 31.2 Å². The van der Waals surface area contributed by atoms with Crippen LogP contribution in [0, 0.1) is 0 Å². The molecule has 1 amide bonds. The van der Waals surface area contributed by atoms with Gasteiger partial charge in [0.1, 0.15) is 5.82 Å². The Labute approximate surface area is 117 Å². The van der Waals surface area contributed by atoms with E-state index in [4.69, 9.17) is 5.73 Å². The minimum absolute atomic E-state index is 0.00338. The summed E-state index contributed by atoms with van der Waals surface area (Å²) in [5, 5.41) is 13.5. The van der Waals surface area contributed by atoms with Crippen molar-refractivity contribution in [3.63, 3.8) is 0 Å². The molecule has 1 aromatic heterocycles. The average Bonchev–Trinajstić information content (AvgIpc) is 2.47. The summed E-state index contributed by atoms with van der Waals surface area (Å²) >= 11 is 0. The van der Waals surface area contributed by atoms with E-state index in [2.05, 4.69) is 20.8 Å². The lowest BCUT2D eigenvalue weighted by atomic mass is 10.1. The number of amides is 1. The predicted octanol–water partition coefficient (Wildman–Crippen LogP) is 1.59. The molecule has 2 aromatic rings. The minimum Gasteiger partial charge on any atom is -0.398 e. The number of carbonyl (C=O) groups excluding carboxylic acids is 1. The van der Waals surface area contributed by atoms with Crippen molar-refractivity contribution in [1.29, 1.82) is 0 Å². The molecule has 1 aromatic carbocycles. The molecule has 6 nitrogen and oxygen atoms in total. The fourth-order valence-electron chi connectivity index (χ4n) is 1.86. The van der Waals surface area contributed by atoms with Gasteiger partial charge in [-0.1, -0.05) is 18.2 Å². The lowest BCUT2D eigenvalue weighted by Gasteiger charge is -2.16. The summed E-state index contributed by atoms with van der Waals surface area (Å²) in [6.45, 7) is 1.99. The number of carbonyl (C=O) groups is 1. The highest BCUT2D eigenvalue weighted by Gasteiger charge is 2.10. The highest BCUT2D eigenvalue weighted by molar-refractivity contribution is 5.91. The summed E-state index contributed by atoms with van der Waals surface area (Å²) < 4.78 is 0. The first-order valence-electron chi connectivity index (χ1n) is 6.28. The number of nitrogens with zero attached hydrogens (tertiary/aromatic N) is 2. The van der Waals surface area contributed by atoms with E-state index in [0.29, 0.717) is 5.82 Å². The molecule has 0 fully saturated rings. The summed E-state index contributed by atoms with van der Waals surface area (Å²) in [4.78, 5) is 11.4. The number of hydrogen-bond acceptors (Lipinski definition) is 5. The maximum absolute atomic E-state index is 11.4. The molecule has 1 atom stereocenters. The molecule has 4 N–H and O–H groups in total. The molecule has 0 radical (unpaired) electrons. The van der Waals surface area contributed by atoms with Crippen molar-refractivity contribution in [3.05, 3.63) is 47.7 Å². The van der Waals surface area contributed by atoms with Crippen molar-refractivity contribution < 1.29 is 4.79 Å². The van der Waals surface area contributed by atoms with E-state index >= 15 is 0 Å². The van der Waals surface area contributed by atoms with E-state index in [0.717, 1.165) is 11.3 Å². The van der Waals surface area contributed by atoms with Crippen LogP contribution in [-0.2, 0) is 0 Å². The smallest absolute Gasteiger partial charge is 0.271 e. The average molecular weight is 271 g/mol. The normalized spacial score (nSPS) is 11.7. The predicted molar refractivity (Wildman–Crippen MR) is 78.3 cm³/mol. The Balaban J connectivity index is 2.10. The van der Waals surface area contributed by atoms with Crippen LogP contribution in [0.25, 0.3) is 0 Å². The Morgan fingerprint density at radius 3 is 2.55 bits per heavy atom. The quantitative estimate of drug-likeness (QED) is 0.734. The highest BCUT2D eigenvalue weighted by atomic mass is 16.1. The molecular weight excluding hydrogens is 254 g/mol. The van der Waals surface area contributed by atoms with Gasteiger partial charge in [-0.2, -0.15) is 0 Å². The van der Waals surface area contributed by atoms with Crippen LogP contribution in [-0.4, -0.2) is 23.2 Å². The van der Waals surface area contributed by atoms with Crippen LogP contribution in [0.15, 0.2) is 36.4 Å². The van der Waals surface area contributed by atoms with Gasteiger partial charge < -0.3 is 16.4 Å². The van der Waals surface area contributed by atoms with Crippen molar-refractivity contribution in [1.82, 2.24) is 15.5 Å². The van der Waals surface area contributed by atoms with E-state index < -0.39 is 0 Å². The first kappa shape index (κ1) is 13.8. The van der Waals surface area contributed by atoms with Gasteiger partial charge >= 0.3 is 0 Å². The van der Waals surface area contributed by atoms with Crippen LogP contribution in [0.2, 0.25) is 0 Å². The minimum atomic E-state index is -0.260. The number of rotatable bonds is 4. The third kappa shape index (κ3) is 3.03. The number of nitrogens with two attached hydrogens (primary N) is 1. The molecule has 0 saturated heterocycles. The van der Waals surface area contributed by atoms with Gasteiger partial charge in [-0.05, 0) is 30.7 Å². The third-order valence-electron chi connectivity index (χ3n) is 2.95. The number of para-hydroxylation sites is 1. The first-order valence-corrected chi connectivity index (χ1v) is 6.28. The Morgan fingerprint density at radius 2 is 1.95 bits per heavy atom. The van der Waals surface area contributed by atoms with Gasteiger partial charge in [0, 0.05) is 12.7 Å². The van der Waals surface area contributed by atoms with Gasteiger partial charge in [0.25, 0.3) is 5.91 Å². The molecule has 6 heteroatoms. The Hall–Kier alpha value is -2.63. The zero-order valence-electron chi connectivity index (χ0n) is 11.4. The second kappa shape index (κ2) is 6.01. The monoisotopic (exact) mass is 271 g/mol. The summed E-state index contributed by atoms with van der Waals surface area (Å²) in [5.74, 6) is 0.331. The largest absolute Gasteiger partial charge is 0.398 e. The van der Waals surface area contributed by atoms with Gasteiger partial charge in [0.05, 0.1) is 6.04 Å². The van der Waals surface area contributed by atoms with E-state index in [1.54, 1.807) is 19.2 Å². The van der Waals surface area contributed by atoms with E-state index in [-0.39, 0.29) is 17.6 Å². The summed E-state index contributed by atoms with van der Waals surface area (Å²) in [5.41, 5.74) is 7.93. The van der Waals surface area contributed by atoms with Gasteiger partial charge in [-0.25, -0.2) is 0 Å². The number of hydrogen-bond donors (Lipinski definition) is 3. The highest BCUT2D eigenvalue weighted by Crippen LogP contribution is 2.22. The fraction of sp³-hybridized carbons (Fsp3) is 0.214. The lowest BCUT2D eigenvalue weighted by Crippen LogP contribution is -2.20. The molecule has 0 aliphatic carbocycles. The molecule has 0 spiro atoms. The molecule has 104 valence electrons. The van der Waals surface area contributed by atoms with Crippen molar-refractivity contribution in [2.45, 2.75) is 13.0 Å². The molecule has 1 heterocycles. The molecule has 0 aliphatic rings. The molecule has 1 unspecified atom stereocenters. The maximum Gasteiger partial charge on any atom is 0.271 e. The summed E-state index contributed by atoms with van der Waals surface area (Å²) in [7, 11) is 1.55. The number of anilines is 2. The van der Waals surface area contributed by atoms with Crippen LogP contribution < -0.4 is 16.4 Å². The van der Waals surface area contributed by atoms with Crippen molar-refractivity contribution in [2.24, 2.45) is 0 Å². The summed E-state index contributed by atoms with van der Waals surface area (Å²) in [6.07, 6.45) is 0. The molecule has 0 saturated carbocycles. The number of benzene rings is 1. The Kier molecular flexibility index (Phi) is 4.14. The lowest BCUT2D eigenvalue weighted by molar-refractivity contribution is 0.0957. The number of nitrogen functional groups attached to an aromatic ring is 1. The van der Waals surface area contributed by atoms with E-state index in [9.17, 15) is 4.79 Å². The standard InChI is InChI=1S/C14H17N5O/c1-9(10-5-3-4-6-11(10)15)17-13-8-7-12(18-19-13)14(20)16-2/h3-9H,15H2,1-2H3,(H,16,20)(H,17,19). The van der Waals surface area contributed by atoms with Gasteiger partial charge in [-0.3, -0.25) is 4.79 Å². The topological polar surface area (TPSA) is 92.9 Å². The zero-order chi connectivity index (χ0) is 14.5. The second-order valence-corrected chi connectivity index (χ2v) is 4.38. The Bertz CT molecular complexity index is 597. The van der Waals surface area contributed by atoms with Crippen LogP contribution in [0.1, 0.15) is 29.0 Å². The molecule has 20 heavy (non-hydrogen) atoms. The van der Waals surface area contributed by atoms with E-state index in [1.165, 1.54) is 0 Å². The SMILES string of the molecule is CNC(=O)c1ccc(NC(C)c2ccccc2N)nn1. The third-order valence-corrected chi connectivity index (χ3v) is 2.95. The van der Waals surface area contributed by atoms with Crippen LogP contribution >= 0.6 is 0 Å². The molecular formula is C14H17N5O. The molecule has 0 bridgehead atoms. The van der Waals surface area contributed by atoms with Crippen LogP contribution in [0.5, 0.6) is 0 Å². The number of nitrogens with one attached hydrogen (secondary N) is 2. The van der Waals surface area contributed by atoms with Crippen LogP contribution in [0.4, 0.5) is 11.5 Å². The van der Waals surface area contributed by atoms with Gasteiger partial charge in [-0.15, -0.1) is 10.2 Å². The Morgan fingerprint density at radius 1 is 1.20 bits per heavy atom. The molecule has 0 aliphatic heterocycles. The summed E-state index contributed by atoms with van der Waals surface area (Å²) in [6, 6.07) is 11.0. The zero-order valence-corrected chi connectivity index (χ0v) is 11.4.